The molecule has 0 saturated carbocycles. The number of thiophene rings is 1. The number of hydrogen-bond donors (Lipinski definition) is 1. The summed E-state index contributed by atoms with van der Waals surface area (Å²) in [6.07, 6.45) is 0. The molecule has 1 aromatic carbocycles. The van der Waals surface area contributed by atoms with E-state index in [4.69, 9.17) is 0 Å². The van der Waals surface area contributed by atoms with Crippen molar-refractivity contribution in [3.63, 3.8) is 0 Å². The van der Waals surface area contributed by atoms with Crippen molar-refractivity contribution in [2.24, 2.45) is 0 Å². The standard InChI is InChI=1S/C18H25NS/c1-6-19-17(16-12-7-13(2)20-16)14-8-10-15(11-9-14)18(3,4)5/h7-12,17,19H,6H2,1-5H3. The minimum atomic E-state index is 0.214. The third-order valence-corrected chi connectivity index (χ3v) is 4.63. The molecule has 2 rings (SSSR count). The van der Waals surface area contributed by atoms with E-state index in [1.54, 1.807) is 0 Å². The number of nitrogens with one attached hydrogen (secondary N) is 1. The Balaban J connectivity index is 2.30. The van der Waals surface area contributed by atoms with Crippen molar-refractivity contribution in [2.45, 2.75) is 46.1 Å². The largest absolute Gasteiger partial charge is 0.306 e. The van der Waals surface area contributed by atoms with Gasteiger partial charge in [0.15, 0.2) is 0 Å². The molecule has 0 spiro atoms. The number of hydrogen-bond acceptors (Lipinski definition) is 2. The Labute approximate surface area is 127 Å². The lowest BCUT2D eigenvalue weighted by Gasteiger charge is -2.21. The first kappa shape index (κ1) is 15.3. The van der Waals surface area contributed by atoms with Crippen LogP contribution in [0, 0.1) is 6.92 Å². The van der Waals surface area contributed by atoms with Crippen LogP contribution in [0.15, 0.2) is 36.4 Å². The van der Waals surface area contributed by atoms with Crippen molar-refractivity contribution in [2.75, 3.05) is 6.54 Å². The molecule has 1 atom stereocenters. The van der Waals surface area contributed by atoms with Crippen molar-refractivity contribution in [1.29, 1.82) is 0 Å². The third kappa shape index (κ3) is 3.50. The molecule has 1 aromatic heterocycles. The van der Waals surface area contributed by atoms with Crippen LogP contribution in [0.4, 0.5) is 0 Å². The van der Waals surface area contributed by atoms with Gasteiger partial charge in [-0.15, -0.1) is 11.3 Å². The summed E-state index contributed by atoms with van der Waals surface area (Å²) >= 11 is 1.88. The second-order valence-electron chi connectivity index (χ2n) is 6.31. The van der Waals surface area contributed by atoms with E-state index in [0.717, 1.165) is 6.54 Å². The van der Waals surface area contributed by atoms with Crippen LogP contribution in [0.25, 0.3) is 0 Å². The average molecular weight is 287 g/mol. The smallest absolute Gasteiger partial charge is 0.0671 e. The summed E-state index contributed by atoms with van der Waals surface area (Å²) in [5.41, 5.74) is 2.95. The SMILES string of the molecule is CCNC(c1ccc(C(C)(C)C)cc1)c1ccc(C)s1. The highest BCUT2D eigenvalue weighted by Gasteiger charge is 2.17. The lowest BCUT2D eigenvalue weighted by molar-refractivity contribution is 0.588. The third-order valence-electron chi connectivity index (χ3n) is 3.56. The fraction of sp³-hybridized carbons (Fsp3) is 0.444. The summed E-state index contributed by atoms with van der Waals surface area (Å²) in [4.78, 5) is 2.77. The topological polar surface area (TPSA) is 12.0 Å². The Morgan fingerprint density at radius 2 is 1.70 bits per heavy atom. The van der Waals surface area contributed by atoms with Gasteiger partial charge in [0.2, 0.25) is 0 Å². The van der Waals surface area contributed by atoms with Crippen molar-refractivity contribution in [3.05, 3.63) is 57.3 Å². The number of aryl methyl sites for hydroxylation is 1. The second kappa shape index (κ2) is 6.11. The first-order chi connectivity index (χ1) is 9.41. The second-order valence-corrected chi connectivity index (χ2v) is 7.63. The Bertz CT molecular complexity index is 546. The van der Waals surface area contributed by atoms with Crippen LogP contribution in [0.1, 0.15) is 54.6 Å². The molecule has 1 heterocycles. The Kier molecular flexibility index (Phi) is 4.66. The molecule has 0 aliphatic heterocycles. The van der Waals surface area contributed by atoms with Gasteiger partial charge in [-0.2, -0.15) is 0 Å². The van der Waals surface area contributed by atoms with Crippen LogP contribution >= 0.6 is 11.3 Å². The molecule has 20 heavy (non-hydrogen) atoms. The van der Waals surface area contributed by atoms with Gasteiger partial charge >= 0.3 is 0 Å². The molecule has 0 aliphatic carbocycles. The van der Waals surface area contributed by atoms with Crippen molar-refractivity contribution >= 4 is 11.3 Å². The molecule has 108 valence electrons. The van der Waals surface area contributed by atoms with Gasteiger partial charge in [-0.3, -0.25) is 0 Å². The minimum Gasteiger partial charge on any atom is -0.306 e. The molecular formula is C18H25NS. The zero-order valence-electron chi connectivity index (χ0n) is 13.2. The molecule has 1 N–H and O–H groups in total. The van der Waals surface area contributed by atoms with Gasteiger partial charge in [-0.05, 0) is 42.1 Å². The van der Waals surface area contributed by atoms with Gasteiger partial charge in [0, 0.05) is 9.75 Å². The summed E-state index contributed by atoms with van der Waals surface area (Å²) in [7, 11) is 0. The van der Waals surface area contributed by atoms with Crippen LogP contribution in [0.2, 0.25) is 0 Å². The highest BCUT2D eigenvalue weighted by molar-refractivity contribution is 7.12. The maximum atomic E-state index is 3.60. The summed E-state index contributed by atoms with van der Waals surface area (Å²) in [6.45, 7) is 12.1. The van der Waals surface area contributed by atoms with Crippen LogP contribution in [0.3, 0.4) is 0 Å². The molecule has 1 nitrogen and oxygen atoms in total. The van der Waals surface area contributed by atoms with Gasteiger partial charge in [0.05, 0.1) is 6.04 Å². The molecule has 0 aliphatic rings. The number of benzene rings is 1. The van der Waals surface area contributed by atoms with Crippen LogP contribution in [-0.4, -0.2) is 6.54 Å². The summed E-state index contributed by atoms with van der Waals surface area (Å²) in [6, 6.07) is 13.8. The molecule has 2 aromatic rings. The molecule has 1 unspecified atom stereocenters. The van der Waals surface area contributed by atoms with Crippen LogP contribution in [-0.2, 0) is 5.41 Å². The van der Waals surface area contributed by atoms with E-state index in [2.05, 4.69) is 76.3 Å². The van der Waals surface area contributed by atoms with Gasteiger partial charge in [0.1, 0.15) is 0 Å². The number of rotatable bonds is 4. The maximum absolute atomic E-state index is 3.60. The highest BCUT2D eigenvalue weighted by atomic mass is 32.1. The Hall–Kier alpha value is -1.12. The van der Waals surface area contributed by atoms with E-state index in [1.807, 2.05) is 11.3 Å². The zero-order valence-corrected chi connectivity index (χ0v) is 14.0. The van der Waals surface area contributed by atoms with E-state index < -0.39 is 0 Å². The monoisotopic (exact) mass is 287 g/mol. The van der Waals surface area contributed by atoms with Gasteiger partial charge in [-0.25, -0.2) is 0 Å². The predicted molar refractivity (Wildman–Crippen MR) is 89.7 cm³/mol. The normalized spacial score (nSPS) is 13.4. The predicted octanol–water partition coefficient (Wildman–Crippen LogP) is 5.05. The summed E-state index contributed by atoms with van der Waals surface area (Å²) < 4.78 is 0. The first-order valence-electron chi connectivity index (χ1n) is 7.32. The summed E-state index contributed by atoms with van der Waals surface area (Å²) in [5.74, 6) is 0. The first-order valence-corrected chi connectivity index (χ1v) is 8.13. The van der Waals surface area contributed by atoms with E-state index in [9.17, 15) is 0 Å². The van der Waals surface area contributed by atoms with E-state index in [1.165, 1.54) is 20.9 Å². The minimum absolute atomic E-state index is 0.214. The lowest BCUT2D eigenvalue weighted by atomic mass is 9.86. The van der Waals surface area contributed by atoms with Crippen LogP contribution < -0.4 is 5.32 Å². The molecule has 0 fully saturated rings. The molecule has 0 radical (unpaired) electrons. The van der Waals surface area contributed by atoms with Gasteiger partial charge in [0.25, 0.3) is 0 Å². The fourth-order valence-electron chi connectivity index (χ4n) is 2.37. The molecule has 0 amide bonds. The van der Waals surface area contributed by atoms with E-state index in [0.29, 0.717) is 6.04 Å². The quantitative estimate of drug-likeness (QED) is 0.829. The average Bonchev–Trinajstić information content (AvgIpc) is 2.81. The molecule has 0 bridgehead atoms. The molecule has 2 heteroatoms. The van der Waals surface area contributed by atoms with Crippen LogP contribution in [0.5, 0.6) is 0 Å². The maximum Gasteiger partial charge on any atom is 0.0671 e. The van der Waals surface area contributed by atoms with Crippen molar-refractivity contribution in [1.82, 2.24) is 5.32 Å². The van der Waals surface area contributed by atoms with Crippen molar-refractivity contribution < 1.29 is 0 Å². The summed E-state index contributed by atoms with van der Waals surface area (Å²) in [5, 5.41) is 3.60. The zero-order chi connectivity index (χ0) is 14.8. The van der Waals surface area contributed by atoms with E-state index in [-0.39, 0.29) is 5.41 Å². The molecule has 0 saturated heterocycles. The fourth-order valence-corrected chi connectivity index (χ4v) is 3.35. The lowest BCUT2D eigenvalue weighted by Crippen LogP contribution is -2.21. The van der Waals surface area contributed by atoms with E-state index >= 15 is 0 Å². The Morgan fingerprint density at radius 1 is 1.05 bits per heavy atom. The van der Waals surface area contributed by atoms with Gasteiger partial charge in [-0.1, -0.05) is 52.0 Å². The Morgan fingerprint density at radius 3 is 2.15 bits per heavy atom. The highest BCUT2D eigenvalue weighted by Crippen LogP contribution is 2.30. The van der Waals surface area contributed by atoms with Crippen molar-refractivity contribution in [3.8, 4) is 0 Å². The molecular weight excluding hydrogens is 262 g/mol. The van der Waals surface area contributed by atoms with Gasteiger partial charge < -0.3 is 5.32 Å².